The second-order valence-corrected chi connectivity index (χ2v) is 3.65. The van der Waals surface area contributed by atoms with Gasteiger partial charge in [-0.15, -0.1) is 6.58 Å². The molecular formula is C11H20N2O. The molecule has 1 aliphatic rings. The smallest absolute Gasteiger partial charge is 0.223 e. The third kappa shape index (κ3) is 2.84. The first kappa shape index (κ1) is 11.2. The van der Waals surface area contributed by atoms with Crippen molar-refractivity contribution in [3.8, 4) is 0 Å². The van der Waals surface area contributed by atoms with Crippen molar-refractivity contribution in [2.24, 2.45) is 0 Å². The van der Waals surface area contributed by atoms with Gasteiger partial charge in [0.05, 0.1) is 0 Å². The normalized spacial score (nSPS) is 20.8. The van der Waals surface area contributed by atoms with Crippen LogP contribution in [0.4, 0.5) is 0 Å². The molecule has 14 heavy (non-hydrogen) atoms. The number of likely N-dealkylation sites (N-methyl/N-ethyl adjacent to an activating group) is 1. The summed E-state index contributed by atoms with van der Waals surface area (Å²) in [5.41, 5.74) is 0. The maximum atomic E-state index is 11.8. The second kappa shape index (κ2) is 5.81. The third-order valence-corrected chi connectivity index (χ3v) is 2.70. The molecule has 1 unspecified atom stereocenters. The first-order valence-corrected chi connectivity index (χ1v) is 5.40. The van der Waals surface area contributed by atoms with Crippen molar-refractivity contribution in [3.05, 3.63) is 12.7 Å². The van der Waals surface area contributed by atoms with Crippen molar-refractivity contribution in [2.45, 2.75) is 32.2 Å². The van der Waals surface area contributed by atoms with Crippen molar-refractivity contribution in [2.75, 3.05) is 19.6 Å². The van der Waals surface area contributed by atoms with Crippen LogP contribution in [-0.2, 0) is 4.79 Å². The predicted octanol–water partition coefficient (Wildman–Crippen LogP) is 1.16. The Kier molecular flexibility index (Phi) is 4.66. The first-order chi connectivity index (χ1) is 6.79. The molecule has 1 fully saturated rings. The zero-order chi connectivity index (χ0) is 10.4. The van der Waals surface area contributed by atoms with Gasteiger partial charge in [0, 0.05) is 25.6 Å². The van der Waals surface area contributed by atoms with Crippen LogP contribution in [0.2, 0.25) is 0 Å². The van der Waals surface area contributed by atoms with E-state index in [0.29, 0.717) is 12.5 Å². The Bertz CT molecular complexity index is 197. The zero-order valence-corrected chi connectivity index (χ0v) is 8.96. The number of carbonyl (C=O) groups excluding carboxylic acids is 1. The fraction of sp³-hybridized carbons (Fsp3) is 0.727. The lowest BCUT2D eigenvalue weighted by molar-refractivity contribution is -0.132. The minimum atomic E-state index is 0.265. The summed E-state index contributed by atoms with van der Waals surface area (Å²) in [7, 11) is 0. The molecule has 0 aromatic carbocycles. The molecule has 0 aromatic heterocycles. The van der Waals surface area contributed by atoms with Gasteiger partial charge in [-0.05, 0) is 26.3 Å². The minimum Gasteiger partial charge on any atom is -0.339 e. The number of allylic oxidation sites excluding steroid dienone is 1. The van der Waals surface area contributed by atoms with Gasteiger partial charge in [-0.3, -0.25) is 4.79 Å². The van der Waals surface area contributed by atoms with Crippen LogP contribution < -0.4 is 5.32 Å². The molecule has 1 rings (SSSR count). The van der Waals surface area contributed by atoms with Crippen LogP contribution in [0.5, 0.6) is 0 Å². The van der Waals surface area contributed by atoms with Crippen molar-refractivity contribution < 1.29 is 4.79 Å². The summed E-state index contributed by atoms with van der Waals surface area (Å²) in [6.07, 6.45) is 4.29. The van der Waals surface area contributed by atoms with Crippen LogP contribution in [-0.4, -0.2) is 36.5 Å². The molecule has 0 aromatic rings. The van der Waals surface area contributed by atoms with Gasteiger partial charge >= 0.3 is 0 Å². The van der Waals surface area contributed by atoms with E-state index in [-0.39, 0.29) is 5.91 Å². The van der Waals surface area contributed by atoms with Crippen LogP contribution in [0.15, 0.2) is 12.7 Å². The van der Waals surface area contributed by atoms with Gasteiger partial charge in [0.15, 0.2) is 0 Å². The molecule has 3 nitrogen and oxygen atoms in total. The summed E-state index contributed by atoms with van der Waals surface area (Å²) in [5, 5.41) is 3.28. The molecule has 0 aliphatic carbocycles. The lowest BCUT2D eigenvalue weighted by atomic mass is 10.2. The first-order valence-electron chi connectivity index (χ1n) is 5.40. The highest BCUT2D eigenvalue weighted by Crippen LogP contribution is 2.10. The van der Waals surface area contributed by atoms with Crippen molar-refractivity contribution >= 4 is 5.91 Å². The highest BCUT2D eigenvalue weighted by molar-refractivity contribution is 5.76. The fourth-order valence-corrected chi connectivity index (χ4v) is 1.91. The molecule has 3 heteroatoms. The molecule has 1 N–H and O–H groups in total. The highest BCUT2D eigenvalue weighted by Gasteiger charge is 2.24. The van der Waals surface area contributed by atoms with Crippen molar-refractivity contribution in [1.82, 2.24) is 10.2 Å². The van der Waals surface area contributed by atoms with Gasteiger partial charge in [0.1, 0.15) is 0 Å². The maximum absolute atomic E-state index is 11.8. The van der Waals surface area contributed by atoms with Crippen LogP contribution >= 0.6 is 0 Å². The van der Waals surface area contributed by atoms with Crippen LogP contribution in [0.1, 0.15) is 26.2 Å². The van der Waals surface area contributed by atoms with E-state index in [2.05, 4.69) is 11.9 Å². The minimum absolute atomic E-state index is 0.265. The van der Waals surface area contributed by atoms with Gasteiger partial charge in [-0.1, -0.05) is 6.08 Å². The molecule has 0 spiro atoms. The topological polar surface area (TPSA) is 32.3 Å². The van der Waals surface area contributed by atoms with Gasteiger partial charge in [0.25, 0.3) is 0 Å². The molecule has 0 bridgehead atoms. The molecule has 0 radical (unpaired) electrons. The standard InChI is InChI=1S/C11H20N2O/c1-3-5-6-11(14)13(4-2)10-7-8-12-9-10/h3,10,12H,1,4-9H2,2H3. The summed E-state index contributed by atoms with van der Waals surface area (Å²) in [6, 6.07) is 0.414. The summed E-state index contributed by atoms with van der Waals surface area (Å²) >= 11 is 0. The second-order valence-electron chi connectivity index (χ2n) is 3.65. The van der Waals surface area contributed by atoms with E-state index in [1.807, 2.05) is 11.8 Å². The van der Waals surface area contributed by atoms with E-state index >= 15 is 0 Å². The number of amides is 1. The number of nitrogens with zero attached hydrogens (tertiary/aromatic N) is 1. The Morgan fingerprint density at radius 3 is 3.00 bits per heavy atom. The van der Waals surface area contributed by atoms with Gasteiger partial charge in [-0.25, -0.2) is 0 Å². The Morgan fingerprint density at radius 2 is 2.50 bits per heavy atom. The molecule has 80 valence electrons. The van der Waals surface area contributed by atoms with E-state index in [0.717, 1.165) is 32.5 Å². The van der Waals surface area contributed by atoms with Crippen LogP contribution in [0.25, 0.3) is 0 Å². The zero-order valence-electron chi connectivity index (χ0n) is 8.96. The van der Waals surface area contributed by atoms with Gasteiger partial charge in [0.2, 0.25) is 5.91 Å². The maximum Gasteiger partial charge on any atom is 0.223 e. The number of rotatable bonds is 5. The molecule has 1 amide bonds. The Labute approximate surface area is 86.2 Å². The monoisotopic (exact) mass is 196 g/mol. The number of hydrogen-bond donors (Lipinski definition) is 1. The van der Waals surface area contributed by atoms with Crippen molar-refractivity contribution in [1.29, 1.82) is 0 Å². The number of hydrogen-bond acceptors (Lipinski definition) is 2. The van der Waals surface area contributed by atoms with Crippen molar-refractivity contribution in [3.63, 3.8) is 0 Å². The SMILES string of the molecule is C=CCCC(=O)N(CC)C1CCNC1. The highest BCUT2D eigenvalue weighted by atomic mass is 16.2. The third-order valence-electron chi connectivity index (χ3n) is 2.70. The molecule has 1 saturated heterocycles. The molecule has 0 saturated carbocycles. The summed E-state index contributed by atoms with van der Waals surface area (Å²) in [6.45, 7) is 8.49. The largest absolute Gasteiger partial charge is 0.339 e. The fourth-order valence-electron chi connectivity index (χ4n) is 1.91. The molecule has 1 aliphatic heterocycles. The average Bonchev–Trinajstić information content (AvgIpc) is 2.69. The lowest BCUT2D eigenvalue weighted by Gasteiger charge is -2.27. The average molecular weight is 196 g/mol. The summed E-state index contributed by atoms with van der Waals surface area (Å²) in [4.78, 5) is 13.8. The summed E-state index contributed by atoms with van der Waals surface area (Å²) in [5.74, 6) is 0.265. The van der Waals surface area contributed by atoms with Gasteiger partial charge in [-0.2, -0.15) is 0 Å². The Balaban J connectivity index is 2.42. The Hall–Kier alpha value is -0.830. The number of carbonyl (C=O) groups is 1. The summed E-state index contributed by atoms with van der Waals surface area (Å²) < 4.78 is 0. The van der Waals surface area contributed by atoms with E-state index in [1.54, 1.807) is 6.08 Å². The lowest BCUT2D eigenvalue weighted by Crippen LogP contribution is -2.41. The van der Waals surface area contributed by atoms with E-state index in [1.165, 1.54) is 0 Å². The predicted molar refractivity (Wildman–Crippen MR) is 58.1 cm³/mol. The molecule has 1 atom stereocenters. The van der Waals surface area contributed by atoms with Crippen LogP contribution in [0.3, 0.4) is 0 Å². The molecule has 1 heterocycles. The van der Waals surface area contributed by atoms with Gasteiger partial charge < -0.3 is 10.2 Å². The Morgan fingerprint density at radius 1 is 1.71 bits per heavy atom. The molecular weight excluding hydrogens is 176 g/mol. The van der Waals surface area contributed by atoms with E-state index in [4.69, 9.17) is 0 Å². The van der Waals surface area contributed by atoms with E-state index in [9.17, 15) is 4.79 Å². The quantitative estimate of drug-likeness (QED) is 0.669. The number of nitrogens with one attached hydrogen (secondary N) is 1. The van der Waals surface area contributed by atoms with E-state index < -0.39 is 0 Å². The van der Waals surface area contributed by atoms with Crippen LogP contribution in [0, 0.1) is 0 Å².